The summed E-state index contributed by atoms with van der Waals surface area (Å²) < 4.78 is 0. The van der Waals surface area contributed by atoms with Gasteiger partial charge in [-0.05, 0) is 109 Å². The van der Waals surface area contributed by atoms with Crippen molar-refractivity contribution in [3.63, 3.8) is 0 Å². The molecule has 4 bridgehead atoms. The molecule has 0 aliphatic heterocycles. The minimum absolute atomic E-state index is 0. The molecule has 5 fully saturated rings. The van der Waals surface area contributed by atoms with E-state index in [2.05, 4.69) is 143 Å². The first-order chi connectivity index (χ1) is 26.1. The van der Waals surface area contributed by atoms with E-state index in [9.17, 15) is 0 Å². The molecular formula is C52H60Cl2SiZr-2. The molecule has 5 aliphatic rings. The average Bonchev–Trinajstić information content (AvgIpc) is 3.78. The Morgan fingerprint density at radius 2 is 1.12 bits per heavy atom. The van der Waals surface area contributed by atoms with Gasteiger partial charge in [0.25, 0.3) is 0 Å². The Balaban J connectivity index is 0.000000169. The molecule has 11 rings (SSSR count). The minimum Gasteiger partial charge on any atom is -1.00 e. The Hall–Kier alpha value is -2.22. The number of halogens is 2. The van der Waals surface area contributed by atoms with Crippen LogP contribution < -0.4 is 24.8 Å². The van der Waals surface area contributed by atoms with E-state index in [0.29, 0.717) is 11.3 Å². The normalized spacial score (nSPS) is 22.5. The molecule has 6 aromatic rings. The first-order valence-electron chi connectivity index (χ1n) is 21.2. The zero-order valence-electron chi connectivity index (χ0n) is 34.3. The monoisotopic (exact) mass is 872 g/mol. The molecule has 0 heterocycles. The summed E-state index contributed by atoms with van der Waals surface area (Å²) in [4.78, 5) is 0. The van der Waals surface area contributed by atoms with Crippen molar-refractivity contribution in [1.82, 2.24) is 0 Å². The van der Waals surface area contributed by atoms with E-state index in [1.165, 1.54) is 126 Å². The number of fused-ring (bicyclic) bond motifs is 2. The van der Waals surface area contributed by atoms with Gasteiger partial charge in [0.15, 0.2) is 0 Å². The molecule has 5 aliphatic carbocycles. The Labute approximate surface area is 365 Å². The van der Waals surface area contributed by atoms with Gasteiger partial charge in [0.05, 0.1) is 0 Å². The molecule has 0 N–H and O–H groups in total. The van der Waals surface area contributed by atoms with Crippen LogP contribution >= 0.6 is 0 Å². The Kier molecular flexibility index (Phi) is 14.6. The zero-order chi connectivity index (χ0) is 37.4. The molecule has 0 saturated heterocycles. The molecule has 0 nitrogen and oxygen atoms in total. The van der Waals surface area contributed by atoms with E-state index in [-0.39, 0.29) is 30.2 Å². The first kappa shape index (κ1) is 43.4. The standard InChI is InChI=1S/C26H27.C24H27.C2H6Si.2ClH.Zr/c1-17-9-22-3-2-4-24(25(22)10-17)21-5-7-23(8-6-21)26-14-18-11-19(15-26)13-20(12-18)16-26;1-17(2)18-11-13-20(14-12-18)23-10-6-9-21-15-22(16-24(21)23)19-7-4-3-5-8-19;1-3-2;;;/h2-10,18-20H,11-16H2,1H3;6,9-17,19H,3-5,7-8H2,1-2H3;1-2H3;2*1H;/q2*-1;;;;+2/p-2. The van der Waals surface area contributed by atoms with E-state index in [4.69, 9.17) is 0 Å². The van der Waals surface area contributed by atoms with Gasteiger partial charge in [-0.3, -0.25) is 0 Å². The van der Waals surface area contributed by atoms with Crippen molar-refractivity contribution in [1.29, 1.82) is 0 Å². The van der Waals surface area contributed by atoms with E-state index < -0.39 is 0 Å². The molecule has 0 amide bonds. The second-order valence-corrected chi connectivity index (χ2v) is 27.7. The summed E-state index contributed by atoms with van der Waals surface area (Å²) in [6, 6.07) is 41.9. The van der Waals surface area contributed by atoms with Crippen molar-refractivity contribution in [2.45, 2.75) is 122 Å². The van der Waals surface area contributed by atoms with Gasteiger partial charge in [-0.2, -0.15) is 12.1 Å². The van der Waals surface area contributed by atoms with E-state index in [0.717, 1.165) is 23.7 Å². The number of aryl methyl sites for hydroxylation is 1. The van der Waals surface area contributed by atoms with Crippen molar-refractivity contribution in [3.05, 3.63) is 131 Å². The van der Waals surface area contributed by atoms with Gasteiger partial charge in [-0.15, -0.1) is 69.1 Å². The molecule has 6 aromatic carbocycles. The number of hydrogen-bond donors (Lipinski definition) is 0. The number of hydrogen-bond acceptors (Lipinski definition) is 0. The van der Waals surface area contributed by atoms with Crippen molar-refractivity contribution >= 4 is 27.0 Å². The van der Waals surface area contributed by atoms with Crippen LogP contribution in [0.3, 0.4) is 0 Å². The maximum Gasteiger partial charge on any atom is -0.00391 e. The van der Waals surface area contributed by atoms with Crippen LogP contribution in [0.2, 0.25) is 13.1 Å². The van der Waals surface area contributed by atoms with Crippen LogP contribution in [0.5, 0.6) is 0 Å². The van der Waals surface area contributed by atoms with Crippen LogP contribution in [0.25, 0.3) is 43.8 Å². The summed E-state index contributed by atoms with van der Waals surface area (Å²) in [5.41, 5.74) is 12.2. The van der Waals surface area contributed by atoms with Crippen LogP contribution in [0.4, 0.5) is 0 Å². The average molecular weight is 875 g/mol. The van der Waals surface area contributed by atoms with Gasteiger partial charge in [0.1, 0.15) is 0 Å². The largest absolute Gasteiger partial charge is 1.00 e. The molecule has 292 valence electrons. The predicted octanol–water partition coefficient (Wildman–Crippen LogP) is 9.19. The molecule has 0 aromatic heterocycles. The molecule has 4 heteroatoms. The summed E-state index contributed by atoms with van der Waals surface area (Å²) in [6.07, 6.45) is 15.9. The third kappa shape index (κ3) is 9.46. The van der Waals surface area contributed by atoms with E-state index in [1.54, 1.807) is 34.5 Å². The Morgan fingerprint density at radius 3 is 1.64 bits per heavy atom. The third-order valence-corrected chi connectivity index (χ3v) is 13.5. The SMILES string of the molecule is CC(C)c1ccc(-c2cccc3[cH-]c(C4CCCCC4)cc23)cc1.C[Si](C)=[Zr+2].Cc1cc2c(-c3ccc(C45CC6CC(CC(C6)C4)C5)cc3)cccc2[cH-]1.[Cl-].[Cl-]. The molecule has 0 spiro atoms. The molecule has 5 saturated carbocycles. The van der Waals surface area contributed by atoms with Gasteiger partial charge >= 0.3 is 41.9 Å². The smallest absolute Gasteiger partial charge is 0.00391 e. The van der Waals surface area contributed by atoms with Crippen molar-refractivity contribution < 1.29 is 48.1 Å². The molecule has 0 radical (unpaired) electrons. The van der Waals surface area contributed by atoms with Crippen LogP contribution in [0.1, 0.15) is 119 Å². The van der Waals surface area contributed by atoms with Gasteiger partial charge < -0.3 is 24.8 Å². The van der Waals surface area contributed by atoms with Gasteiger partial charge in [-0.25, -0.2) is 0 Å². The van der Waals surface area contributed by atoms with Crippen LogP contribution in [0, 0.1) is 24.7 Å². The van der Waals surface area contributed by atoms with Crippen molar-refractivity contribution in [3.8, 4) is 22.3 Å². The van der Waals surface area contributed by atoms with Crippen molar-refractivity contribution in [2.75, 3.05) is 0 Å². The van der Waals surface area contributed by atoms with E-state index in [1.807, 2.05) is 0 Å². The summed E-state index contributed by atoms with van der Waals surface area (Å²) in [5.74, 6) is 4.42. The second-order valence-electron chi connectivity index (χ2n) is 18.3. The third-order valence-electron chi connectivity index (χ3n) is 13.5. The fraction of sp³-hybridized carbons (Fsp3) is 0.423. The van der Waals surface area contributed by atoms with Crippen molar-refractivity contribution in [2.24, 2.45) is 17.8 Å². The van der Waals surface area contributed by atoms with Crippen LogP contribution in [-0.4, -0.2) is 5.43 Å². The zero-order valence-corrected chi connectivity index (χ0v) is 39.3. The molecule has 0 unspecified atom stereocenters. The van der Waals surface area contributed by atoms with Gasteiger partial charge in [0, 0.05) is 0 Å². The fourth-order valence-corrected chi connectivity index (χ4v) is 11.3. The Morgan fingerprint density at radius 1 is 0.643 bits per heavy atom. The summed E-state index contributed by atoms with van der Waals surface area (Å²) in [7, 11) is 0. The van der Waals surface area contributed by atoms with Crippen LogP contribution in [-0.2, 0) is 28.8 Å². The summed E-state index contributed by atoms with van der Waals surface area (Å²) >= 11 is 1.74. The van der Waals surface area contributed by atoms with Crippen LogP contribution in [0.15, 0.2) is 109 Å². The first-order valence-corrected chi connectivity index (χ1v) is 27.4. The molecule has 0 atom stereocenters. The topological polar surface area (TPSA) is 0 Å². The predicted molar refractivity (Wildman–Crippen MR) is 232 cm³/mol. The Bertz CT molecular complexity index is 2170. The van der Waals surface area contributed by atoms with Gasteiger partial charge in [-0.1, -0.05) is 112 Å². The fourth-order valence-electron chi connectivity index (χ4n) is 11.3. The maximum atomic E-state index is 2.47. The molecule has 56 heavy (non-hydrogen) atoms. The quantitative estimate of drug-likeness (QED) is 0.120. The molecular weight excluding hydrogens is 815 g/mol. The summed E-state index contributed by atoms with van der Waals surface area (Å²) in [6.45, 7) is 11.3. The minimum atomic E-state index is 0. The van der Waals surface area contributed by atoms with E-state index >= 15 is 0 Å². The second kappa shape index (κ2) is 18.8. The van der Waals surface area contributed by atoms with Gasteiger partial charge in [0.2, 0.25) is 0 Å². The summed E-state index contributed by atoms with van der Waals surface area (Å²) in [5, 5.41) is 5.59. The number of benzene rings is 4. The number of rotatable bonds is 5. The maximum absolute atomic E-state index is 2.47.